The van der Waals surface area contributed by atoms with Crippen LogP contribution in [0.5, 0.6) is 0 Å². The molecule has 0 aliphatic heterocycles. The fourth-order valence-corrected chi connectivity index (χ4v) is 3.14. The maximum atomic E-state index is 4.47. The molecule has 0 aromatic carbocycles. The lowest BCUT2D eigenvalue weighted by Crippen LogP contribution is -2.40. The molecule has 2 rings (SSSR count). The first-order valence-corrected chi connectivity index (χ1v) is 7.32. The van der Waals surface area contributed by atoms with Crippen LogP contribution >= 0.6 is 0 Å². The van der Waals surface area contributed by atoms with Gasteiger partial charge in [-0.3, -0.25) is 4.98 Å². The van der Waals surface area contributed by atoms with Crippen molar-refractivity contribution >= 4 is 0 Å². The van der Waals surface area contributed by atoms with Gasteiger partial charge in [0.2, 0.25) is 0 Å². The molecule has 0 bridgehead atoms. The fraction of sp³-hybridized carbons (Fsp3) is 0.688. The van der Waals surface area contributed by atoms with Crippen molar-refractivity contribution in [2.24, 2.45) is 11.8 Å². The Morgan fingerprint density at radius 1 is 1.33 bits per heavy atom. The largest absolute Gasteiger partial charge is 0.308 e. The summed E-state index contributed by atoms with van der Waals surface area (Å²) in [6, 6.07) is 4.83. The smallest absolute Gasteiger partial charge is 0.0570 e. The third-order valence-corrected chi connectivity index (χ3v) is 4.33. The molecule has 100 valence electrons. The van der Waals surface area contributed by atoms with Gasteiger partial charge in [0, 0.05) is 18.8 Å². The van der Waals surface area contributed by atoms with Crippen LogP contribution in [0.25, 0.3) is 0 Å². The Hall–Kier alpha value is -0.890. The molecule has 1 fully saturated rings. The van der Waals surface area contributed by atoms with Crippen molar-refractivity contribution in [1.82, 2.24) is 10.3 Å². The van der Waals surface area contributed by atoms with Crippen molar-refractivity contribution in [2.45, 2.75) is 59.0 Å². The molecule has 1 heterocycles. The molecule has 2 atom stereocenters. The summed E-state index contributed by atoms with van der Waals surface area (Å²) in [4.78, 5) is 4.47. The highest BCUT2D eigenvalue weighted by atomic mass is 14.9. The van der Waals surface area contributed by atoms with Gasteiger partial charge in [-0.15, -0.1) is 0 Å². The maximum Gasteiger partial charge on any atom is 0.0570 e. The van der Waals surface area contributed by atoms with Crippen LogP contribution in [0, 0.1) is 18.8 Å². The second kappa shape index (κ2) is 6.33. The van der Waals surface area contributed by atoms with E-state index < -0.39 is 0 Å². The molecule has 0 spiro atoms. The topological polar surface area (TPSA) is 24.9 Å². The van der Waals surface area contributed by atoms with Crippen molar-refractivity contribution < 1.29 is 0 Å². The molecule has 1 aliphatic rings. The molecule has 1 aromatic heterocycles. The molecule has 2 heteroatoms. The van der Waals surface area contributed by atoms with Crippen molar-refractivity contribution in [3.63, 3.8) is 0 Å². The minimum absolute atomic E-state index is 0.681. The van der Waals surface area contributed by atoms with Crippen LogP contribution in [0.4, 0.5) is 0 Å². The van der Waals surface area contributed by atoms with Gasteiger partial charge in [0.1, 0.15) is 0 Å². The monoisotopic (exact) mass is 246 g/mol. The molecule has 0 saturated heterocycles. The summed E-state index contributed by atoms with van der Waals surface area (Å²) in [6.07, 6.45) is 7.39. The zero-order valence-corrected chi connectivity index (χ0v) is 11.9. The summed E-state index contributed by atoms with van der Waals surface area (Å²) in [7, 11) is 0. The van der Waals surface area contributed by atoms with Crippen LogP contribution in [0.3, 0.4) is 0 Å². The zero-order valence-electron chi connectivity index (χ0n) is 11.9. The van der Waals surface area contributed by atoms with E-state index >= 15 is 0 Å². The van der Waals surface area contributed by atoms with E-state index in [1.54, 1.807) is 0 Å². The van der Waals surface area contributed by atoms with Gasteiger partial charge < -0.3 is 5.32 Å². The summed E-state index contributed by atoms with van der Waals surface area (Å²) in [5.74, 6) is 1.62. The SMILES string of the molecule is Cc1cccnc1CNC1CCCCC1C(C)C. The van der Waals surface area contributed by atoms with Gasteiger partial charge in [0.05, 0.1) is 5.69 Å². The van der Waals surface area contributed by atoms with Crippen LogP contribution in [-0.2, 0) is 6.54 Å². The molecule has 0 amide bonds. The number of rotatable bonds is 4. The van der Waals surface area contributed by atoms with Crippen molar-refractivity contribution in [1.29, 1.82) is 0 Å². The van der Waals surface area contributed by atoms with E-state index in [1.807, 2.05) is 12.3 Å². The first-order chi connectivity index (χ1) is 8.68. The summed E-state index contributed by atoms with van der Waals surface area (Å²) < 4.78 is 0. The van der Waals surface area contributed by atoms with E-state index in [-0.39, 0.29) is 0 Å². The Labute approximate surface area is 111 Å². The fourth-order valence-electron chi connectivity index (χ4n) is 3.14. The predicted molar refractivity (Wildman–Crippen MR) is 76.4 cm³/mol. The molecule has 2 nitrogen and oxygen atoms in total. The maximum absolute atomic E-state index is 4.47. The van der Waals surface area contributed by atoms with E-state index in [1.165, 1.54) is 36.9 Å². The van der Waals surface area contributed by atoms with Crippen LogP contribution in [0.1, 0.15) is 50.8 Å². The van der Waals surface area contributed by atoms with Gasteiger partial charge in [-0.1, -0.05) is 32.8 Å². The lowest BCUT2D eigenvalue weighted by molar-refractivity contribution is 0.204. The van der Waals surface area contributed by atoms with Crippen LogP contribution in [0.15, 0.2) is 18.3 Å². The number of pyridine rings is 1. The quantitative estimate of drug-likeness (QED) is 0.876. The minimum Gasteiger partial charge on any atom is -0.308 e. The molecular weight excluding hydrogens is 220 g/mol. The molecule has 1 aliphatic carbocycles. The van der Waals surface area contributed by atoms with Gasteiger partial charge in [-0.25, -0.2) is 0 Å². The van der Waals surface area contributed by atoms with Gasteiger partial charge in [0.15, 0.2) is 0 Å². The van der Waals surface area contributed by atoms with Crippen LogP contribution < -0.4 is 5.32 Å². The molecule has 2 unspecified atom stereocenters. The zero-order chi connectivity index (χ0) is 13.0. The standard InChI is InChI=1S/C16H26N2/c1-12(2)14-8-4-5-9-15(14)18-11-16-13(3)7-6-10-17-16/h6-7,10,12,14-15,18H,4-5,8-9,11H2,1-3H3. The summed E-state index contributed by atoms with van der Waals surface area (Å²) in [6.45, 7) is 7.78. The highest BCUT2D eigenvalue weighted by Crippen LogP contribution is 2.30. The molecule has 0 radical (unpaired) electrons. The third-order valence-electron chi connectivity index (χ3n) is 4.33. The van der Waals surface area contributed by atoms with Gasteiger partial charge in [0.25, 0.3) is 0 Å². The molecular formula is C16H26N2. The first kappa shape index (κ1) is 13.5. The molecule has 1 N–H and O–H groups in total. The molecule has 1 saturated carbocycles. The Balaban J connectivity index is 1.94. The van der Waals surface area contributed by atoms with E-state index in [2.05, 4.69) is 37.1 Å². The average molecular weight is 246 g/mol. The van der Waals surface area contributed by atoms with Crippen LogP contribution in [-0.4, -0.2) is 11.0 Å². The average Bonchev–Trinajstić information content (AvgIpc) is 2.38. The van der Waals surface area contributed by atoms with E-state index in [9.17, 15) is 0 Å². The Kier molecular flexibility index (Phi) is 4.76. The molecule has 18 heavy (non-hydrogen) atoms. The Bertz CT molecular complexity index is 373. The summed E-state index contributed by atoms with van der Waals surface area (Å²) in [5.41, 5.74) is 2.49. The van der Waals surface area contributed by atoms with Crippen molar-refractivity contribution in [3.05, 3.63) is 29.6 Å². The molecule has 1 aromatic rings. The first-order valence-electron chi connectivity index (χ1n) is 7.32. The van der Waals surface area contributed by atoms with Gasteiger partial charge in [-0.05, 0) is 43.2 Å². The minimum atomic E-state index is 0.681. The lowest BCUT2D eigenvalue weighted by atomic mass is 9.78. The summed E-state index contributed by atoms with van der Waals surface area (Å²) >= 11 is 0. The highest BCUT2D eigenvalue weighted by molar-refractivity contribution is 5.17. The van der Waals surface area contributed by atoms with Gasteiger partial charge in [-0.2, -0.15) is 0 Å². The number of nitrogens with one attached hydrogen (secondary N) is 1. The van der Waals surface area contributed by atoms with Crippen LogP contribution in [0.2, 0.25) is 0 Å². The lowest BCUT2D eigenvalue weighted by Gasteiger charge is -2.35. The number of aromatic nitrogens is 1. The number of aryl methyl sites for hydroxylation is 1. The van der Waals surface area contributed by atoms with E-state index in [0.29, 0.717) is 6.04 Å². The number of hydrogen-bond donors (Lipinski definition) is 1. The van der Waals surface area contributed by atoms with Crippen molar-refractivity contribution in [3.8, 4) is 0 Å². The summed E-state index contributed by atoms with van der Waals surface area (Å²) in [5, 5.41) is 3.75. The second-order valence-corrected chi connectivity index (χ2v) is 5.95. The Morgan fingerprint density at radius 2 is 2.11 bits per heavy atom. The predicted octanol–water partition coefficient (Wildman–Crippen LogP) is 3.69. The number of hydrogen-bond acceptors (Lipinski definition) is 2. The van der Waals surface area contributed by atoms with E-state index in [0.717, 1.165) is 18.4 Å². The Morgan fingerprint density at radius 3 is 2.83 bits per heavy atom. The van der Waals surface area contributed by atoms with Gasteiger partial charge >= 0.3 is 0 Å². The highest BCUT2D eigenvalue weighted by Gasteiger charge is 2.26. The normalized spacial score (nSPS) is 24.4. The van der Waals surface area contributed by atoms with Crippen molar-refractivity contribution in [2.75, 3.05) is 0 Å². The number of nitrogens with zero attached hydrogens (tertiary/aromatic N) is 1. The third kappa shape index (κ3) is 3.32. The second-order valence-electron chi connectivity index (χ2n) is 5.95. The van der Waals surface area contributed by atoms with E-state index in [4.69, 9.17) is 0 Å².